The van der Waals surface area contributed by atoms with Crippen molar-refractivity contribution in [2.75, 3.05) is 13.2 Å². The Labute approximate surface area is 75.9 Å². The summed E-state index contributed by atoms with van der Waals surface area (Å²) in [6.07, 6.45) is 1.72. The minimum absolute atomic E-state index is 0.113. The van der Waals surface area contributed by atoms with Gasteiger partial charge in [0.2, 0.25) is 5.88 Å². The molecular formula is C8H11N3O2. The molecule has 5 heteroatoms. The average Bonchev–Trinajstić information content (AvgIpc) is 2.12. The fourth-order valence-corrected chi connectivity index (χ4v) is 1.04. The molecule has 5 nitrogen and oxygen atoms in total. The van der Waals surface area contributed by atoms with Crippen molar-refractivity contribution in [1.29, 1.82) is 0 Å². The first-order valence-corrected chi connectivity index (χ1v) is 4.15. The summed E-state index contributed by atoms with van der Waals surface area (Å²) in [6, 6.07) is 1.81. The van der Waals surface area contributed by atoms with Crippen molar-refractivity contribution >= 4 is 0 Å². The van der Waals surface area contributed by atoms with Crippen LogP contribution in [0.3, 0.4) is 0 Å². The quantitative estimate of drug-likeness (QED) is 0.694. The molecule has 1 aliphatic rings. The van der Waals surface area contributed by atoms with Gasteiger partial charge in [0.05, 0.1) is 19.4 Å². The summed E-state index contributed by atoms with van der Waals surface area (Å²) in [7, 11) is 0. The highest BCUT2D eigenvalue weighted by Crippen LogP contribution is 2.16. The summed E-state index contributed by atoms with van der Waals surface area (Å²) in [5.74, 6) is 0.526. The van der Waals surface area contributed by atoms with E-state index in [1.807, 2.05) is 6.07 Å². The molecule has 1 saturated heterocycles. The number of ether oxygens (including phenoxy) is 2. The molecule has 2 heterocycles. The molecule has 13 heavy (non-hydrogen) atoms. The van der Waals surface area contributed by atoms with Crippen LogP contribution in [0.1, 0.15) is 5.56 Å². The van der Waals surface area contributed by atoms with Gasteiger partial charge in [-0.05, 0) is 6.07 Å². The van der Waals surface area contributed by atoms with Gasteiger partial charge in [0.15, 0.2) is 0 Å². The van der Waals surface area contributed by atoms with Crippen LogP contribution in [-0.2, 0) is 11.3 Å². The molecule has 2 rings (SSSR count). The lowest BCUT2D eigenvalue weighted by atomic mass is 10.3. The first kappa shape index (κ1) is 8.40. The molecule has 0 aliphatic carbocycles. The van der Waals surface area contributed by atoms with Gasteiger partial charge in [-0.3, -0.25) is 0 Å². The topological polar surface area (TPSA) is 70.3 Å². The highest BCUT2D eigenvalue weighted by atomic mass is 16.6. The summed E-state index contributed by atoms with van der Waals surface area (Å²) >= 11 is 0. The lowest BCUT2D eigenvalue weighted by molar-refractivity contribution is -0.0819. The van der Waals surface area contributed by atoms with Crippen LogP contribution < -0.4 is 10.5 Å². The van der Waals surface area contributed by atoms with Crippen molar-refractivity contribution in [3.05, 3.63) is 17.8 Å². The third kappa shape index (κ3) is 1.76. The zero-order chi connectivity index (χ0) is 9.10. The van der Waals surface area contributed by atoms with Gasteiger partial charge in [-0.25, -0.2) is 0 Å². The summed E-state index contributed by atoms with van der Waals surface area (Å²) in [4.78, 5) is 0. The summed E-state index contributed by atoms with van der Waals surface area (Å²) < 4.78 is 10.5. The summed E-state index contributed by atoms with van der Waals surface area (Å²) in [5.41, 5.74) is 6.38. The van der Waals surface area contributed by atoms with Gasteiger partial charge in [-0.15, -0.1) is 5.10 Å². The second kappa shape index (κ2) is 3.68. The van der Waals surface area contributed by atoms with Crippen molar-refractivity contribution in [1.82, 2.24) is 10.2 Å². The minimum atomic E-state index is 0.113. The molecule has 0 atom stereocenters. The third-order valence-corrected chi connectivity index (χ3v) is 1.87. The summed E-state index contributed by atoms with van der Waals surface area (Å²) in [6.45, 7) is 1.67. The van der Waals surface area contributed by atoms with Crippen LogP contribution in [0.2, 0.25) is 0 Å². The van der Waals surface area contributed by atoms with Gasteiger partial charge >= 0.3 is 0 Å². The normalized spacial score (nSPS) is 16.7. The van der Waals surface area contributed by atoms with Crippen LogP contribution in [-0.4, -0.2) is 29.5 Å². The Morgan fingerprint density at radius 2 is 2.46 bits per heavy atom. The van der Waals surface area contributed by atoms with E-state index in [4.69, 9.17) is 15.2 Å². The van der Waals surface area contributed by atoms with Gasteiger partial charge in [-0.1, -0.05) is 0 Å². The summed E-state index contributed by atoms with van der Waals surface area (Å²) in [5, 5.41) is 7.60. The largest absolute Gasteiger partial charge is 0.468 e. The zero-order valence-corrected chi connectivity index (χ0v) is 7.14. The van der Waals surface area contributed by atoms with Gasteiger partial charge in [-0.2, -0.15) is 5.10 Å². The molecule has 0 unspecified atom stereocenters. The van der Waals surface area contributed by atoms with E-state index in [9.17, 15) is 0 Å². The third-order valence-electron chi connectivity index (χ3n) is 1.87. The number of hydrogen-bond acceptors (Lipinski definition) is 5. The van der Waals surface area contributed by atoms with E-state index in [1.54, 1.807) is 6.20 Å². The van der Waals surface area contributed by atoms with Gasteiger partial charge in [0.25, 0.3) is 0 Å². The van der Waals surface area contributed by atoms with Crippen LogP contribution in [0.4, 0.5) is 0 Å². The Kier molecular flexibility index (Phi) is 2.37. The lowest BCUT2D eigenvalue weighted by Gasteiger charge is -2.26. The Morgan fingerprint density at radius 1 is 1.62 bits per heavy atom. The molecule has 0 amide bonds. The molecular weight excluding hydrogens is 170 g/mol. The average molecular weight is 181 g/mol. The van der Waals surface area contributed by atoms with Gasteiger partial charge in [0, 0.05) is 12.1 Å². The fraction of sp³-hybridized carbons (Fsp3) is 0.500. The number of rotatable bonds is 3. The minimum Gasteiger partial charge on any atom is -0.468 e. The van der Waals surface area contributed by atoms with E-state index in [0.29, 0.717) is 25.6 Å². The van der Waals surface area contributed by atoms with E-state index in [0.717, 1.165) is 5.56 Å². The van der Waals surface area contributed by atoms with Crippen LogP contribution in [0.25, 0.3) is 0 Å². The Bertz CT molecular complexity index is 288. The van der Waals surface area contributed by atoms with Gasteiger partial charge in [0.1, 0.15) is 6.10 Å². The number of hydrogen-bond donors (Lipinski definition) is 1. The maximum absolute atomic E-state index is 5.51. The lowest BCUT2D eigenvalue weighted by Crippen LogP contribution is -2.39. The SMILES string of the molecule is NCc1ccnnc1OC1COC1. The van der Waals surface area contributed by atoms with E-state index >= 15 is 0 Å². The molecule has 1 aromatic heterocycles. The van der Waals surface area contributed by atoms with Crippen molar-refractivity contribution in [2.24, 2.45) is 5.73 Å². The van der Waals surface area contributed by atoms with Crippen LogP contribution in [0, 0.1) is 0 Å². The van der Waals surface area contributed by atoms with E-state index in [-0.39, 0.29) is 6.10 Å². The Morgan fingerprint density at radius 3 is 3.08 bits per heavy atom. The Hall–Kier alpha value is -1.20. The molecule has 0 spiro atoms. The standard InChI is InChI=1S/C8H11N3O2/c9-3-6-1-2-10-11-8(6)13-7-4-12-5-7/h1-2,7H,3-5,9H2. The molecule has 0 aromatic carbocycles. The Balaban J connectivity index is 2.08. The number of nitrogens with zero attached hydrogens (tertiary/aromatic N) is 2. The van der Waals surface area contributed by atoms with Crippen molar-refractivity contribution < 1.29 is 9.47 Å². The maximum Gasteiger partial charge on any atom is 0.238 e. The van der Waals surface area contributed by atoms with Crippen LogP contribution in [0.5, 0.6) is 5.88 Å². The fourth-order valence-electron chi connectivity index (χ4n) is 1.04. The van der Waals surface area contributed by atoms with Crippen molar-refractivity contribution in [2.45, 2.75) is 12.6 Å². The molecule has 2 N–H and O–H groups in total. The maximum atomic E-state index is 5.51. The van der Waals surface area contributed by atoms with E-state index < -0.39 is 0 Å². The highest BCUT2D eigenvalue weighted by Gasteiger charge is 2.21. The molecule has 1 aromatic rings. The van der Waals surface area contributed by atoms with Crippen LogP contribution in [0.15, 0.2) is 12.3 Å². The van der Waals surface area contributed by atoms with E-state index in [1.165, 1.54) is 0 Å². The van der Waals surface area contributed by atoms with Crippen molar-refractivity contribution in [3.63, 3.8) is 0 Å². The molecule has 0 saturated carbocycles. The first-order valence-electron chi connectivity index (χ1n) is 4.15. The van der Waals surface area contributed by atoms with Crippen LogP contribution >= 0.6 is 0 Å². The number of aromatic nitrogens is 2. The second-order valence-corrected chi connectivity index (χ2v) is 2.84. The van der Waals surface area contributed by atoms with E-state index in [2.05, 4.69) is 10.2 Å². The molecule has 0 radical (unpaired) electrons. The van der Waals surface area contributed by atoms with Crippen molar-refractivity contribution in [3.8, 4) is 5.88 Å². The molecule has 1 aliphatic heterocycles. The smallest absolute Gasteiger partial charge is 0.238 e. The second-order valence-electron chi connectivity index (χ2n) is 2.84. The monoisotopic (exact) mass is 181 g/mol. The molecule has 1 fully saturated rings. The predicted octanol–water partition coefficient (Wildman–Crippen LogP) is -0.287. The van der Waals surface area contributed by atoms with Gasteiger partial charge < -0.3 is 15.2 Å². The molecule has 0 bridgehead atoms. The zero-order valence-electron chi connectivity index (χ0n) is 7.14. The highest BCUT2D eigenvalue weighted by molar-refractivity contribution is 5.23. The number of nitrogens with two attached hydrogens (primary N) is 1. The first-order chi connectivity index (χ1) is 6.40. The predicted molar refractivity (Wildman–Crippen MR) is 45.2 cm³/mol. The molecule has 70 valence electrons.